The lowest BCUT2D eigenvalue weighted by atomic mass is 10.1. The standard InChI is InChI=1S/C21H20N4O7/c1-13(26)22-15-2-4-16(5-3-15)23-19(27)12-32-21(29)14-10-20(28)24(11-14)17-6-8-18(9-7-17)25(30)31/h2-9,14H,10-12H2,1H3,(H,22,26)(H,23,27)/t14-/m1/s1. The first-order valence-electron chi connectivity index (χ1n) is 9.62. The summed E-state index contributed by atoms with van der Waals surface area (Å²) in [5.74, 6) is -2.51. The molecule has 11 nitrogen and oxygen atoms in total. The van der Waals surface area contributed by atoms with Gasteiger partial charge in [-0.1, -0.05) is 0 Å². The van der Waals surface area contributed by atoms with Crippen LogP contribution in [0.3, 0.4) is 0 Å². The van der Waals surface area contributed by atoms with Crippen LogP contribution >= 0.6 is 0 Å². The van der Waals surface area contributed by atoms with Gasteiger partial charge in [0.05, 0.1) is 10.8 Å². The number of non-ortho nitro benzene ring substituents is 1. The summed E-state index contributed by atoms with van der Waals surface area (Å²) in [5.41, 5.74) is 1.37. The smallest absolute Gasteiger partial charge is 0.311 e. The van der Waals surface area contributed by atoms with Crippen LogP contribution in [0.4, 0.5) is 22.7 Å². The number of rotatable bonds is 7. The van der Waals surface area contributed by atoms with Gasteiger partial charge in [0.25, 0.3) is 11.6 Å². The zero-order valence-corrected chi connectivity index (χ0v) is 17.1. The minimum atomic E-state index is -0.748. The van der Waals surface area contributed by atoms with Crippen molar-refractivity contribution >= 4 is 46.4 Å². The first-order valence-corrected chi connectivity index (χ1v) is 9.62. The maximum atomic E-state index is 12.3. The lowest BCUT2D eigenvalue weighted by molar-refractivity contribution is -0.384. The Balaban J connectivity index is 1.49. The van der Waals surface area contributed by atoms with Gasteiger partial charge in [-0.25, -0.2) is 0 Å². The van der Waals surface area contributed by atoms with Gasteiger partial charge in [-0.15, -0.1) is 0 Å². The lowest BCUT2D eigenvalue weighted by Crippen LogP contribution is -2.28. The second kappa shape index (κ2) is 9.69. The molecule has 11 heteroatoms. The molecule has 0 radical (unpaired) electrons. The molecule has 32 heavy (non-hydrogen) atoms. The molecular formula is C21H20N4O7. The van der Waals surface area contributed by atoms with Gasteiger partial charge >= 0.3 is 5.97 Å². The van der Waals surface area contributed by atoms with E-state index in [4.69, 9.17) is 4.74 Å². The topological polar surface area (TPSA) is 148 Å². The minimum absolute atomic E-state index is 0.0572. The van der Waals surface area contributed by atoms with Crippen molar-refractivity contribution in [3.8, 4) is 0 Å². The Morgan fingerprint density at radius 1 is 1.06 bits per heavy atom. The van der Waals surface area contributed by atoms with Crippen LogP contribution in [0.2, 0.25) is 0 Å². The predicted octanol–water partition coefficient (Wildman–Crippen LogP) is 2.09. The van der Waals surface area contributed by atoms with Crippen LogP contribution in [0.1, 0.15) is 13.3 Å². The Morgan fingerprint density at radius 2 is 1.66 bits per heavy atom. The van der Waals surface area contributed by atoms with Crippen LogP contribution in [-0.4, -0.2) is 41.8 Å². The first kappa shape index (κ1) is 22.4. The number of nitro groups is 1. The van der Waals surface area contributed by atoms with E-state index < -0.39 is 29.3 Å². The number of carbonyl (C=O) groups is 4. The van der Waals surface area contributed by atoms with Crippen molar-refractivity contribution in [1.29, 1.82) is 0 Å². The number of anilines is 3. The average molecular weight is 440 g/mol. The van der Waals surface area contributed by atoms with Gasteiger partial charge in [0.1, 0.15) is 0 Å². The highest BCUT2D eigenvalue weighted by atomic mass is 16.6. The quantitative estimate of drug-likeness (QED) is 0.380. The molecule has 2 aromatic carbocycles. The SMILES string of the molecule is CC(=O)Nc1ccc(NC(=O)COC(=O)[C@@H]2CC(=O)N(c3ccc([N+](=O)[O-])cc3)C2)cc1. The second-order valence-corrected chi connectivity index (χ2v) is 7.09. The number of carbonyl (C=O) groups excluding carboxylic acids is 4. The van der Waals surface area contributed by atoms with Crippen molar-refractivity contribution in [2.75, 3.05) is 28.7 Å². The Morgan fingerprint density at radius 3 is 2.22 bits per heavy atom. The number of nitro benzene ring substituents is 1. The maximum absolute atomic E-state index is 12.3. The van der Waals surface area contributed by atoms with Crippen molar-refractivity contribution in [3.63, 3.8) is 0 Å². The number of nitrogens with zero attached hydrogens (tertiary/aromatic N) is 2. The van der Waals surface area contributed by atoms with E-state index in [1.54, 1.807) is 24.3 Å². The molecule has 2 aromatic rings. The summed E-state index contributed by atoms with van der Waals surface area (Å²) in [4.78, 5) is 59.2. The first-order chi connectivity index (χ1) is 15.2. The van der Waals surface area contributed by atoms with Crippen LogP contribution in [0.25, 0.3) is 0 Å². The highest BCUT2D eigenvalue weighted by Gasteiger charge is 2.36. The zero-order valence-electron chi connectivity index (χ0n) is 17.1. The van der Waals surface area contributed by atoms with Crippen molar-refractivity contribution in [3.05, 3.63) is 58.6 Å². The Bertz CT molecular complexity index is 1050. The van der Waals surface area contributed by atoms with Gasteiger partial charge in [0, 0.05) is 49.1 Å². The molecule has 1 atom stereocenters. The van der Waals surface area contributed by atoms with Crippen LogP contribution in [0.15, 0.2) is 48.5 Å². The number of ether oxygens (including phenoxy) is 1. The molecule has 0 unspecified atom stereocenters. The van der Waals surface area contributed by atoms with E-state index in [1.165, 1.54) is 36.1 Å². The molecule has 1 heterocycles. The number of benzene rings is 2. The third kappa shape index (κ3) is 5.65. The average Bonchev–Trinajstić information content (AvgIpc) is 3.15. The lowest BCUT2D eigenvalue weighted by Gasteiger charge is -2.16. The van der Waals surface area contributed by atoms with Crippen LogP contribution in [0.5, 0.6) is 0 Å². The predicted molar refractivity (Wildman–Crippen MR) is 114 cm³/mol. The zero-order chi connectivity index (χ0) is 23.3. The molecule has 3 amide bonds. The van der Waals surface area contributed by atoms with Crippen LogP contribution < -0.4 is 15.5 Å². The van der Waals surface area contributed by atoms with Crippen molar-refractivity contribution in [2.45, 2.75) is 13.3 Å². The fraction of sp³-hybridized carbons (Fsp3) is 0.238. The van der Waals surface area contributed by atoms with E-state index >= 15 is 0 Å². The second-order valence-electron chi connectivity index (χ2n) is 7.09. The van der Waals surface area contributed by atoms with Crippen LogP contribution in [0, 0.1) is 16.0 Å². The molecule has 166 valence electrons. The van der Waals surface area contributed by atoms with Crippen molar-refractivity contribution in [2.24, 2.45) is 5.92 Å². The summed E-state index contributed by atoms with van der Waals surface area (Å²) in [7, 11) is 0. The van der Waals surface area contributed by atoms with E-state index in [2.05, 4.69) is 10.6 Å². The third-order valence-electron chi connectivity index (χ3n) is 4.67. The van der Waals surface area contributed by atoms with Gasteiger partial charge in [-0.3, -0.25) is 29.3 Å². The number of nitrogens with one attached hydrogen (secondary N) is 2. The minimum Gasteiger partial charge on any atom is -0.455 e. The summed E-state index contributed by atoms with van der Waals surface area (Å²) in [6, 6.07) is 11.8. The van der Waals surface area contributed by atoms with Crippen molar-refractivity contribution < 1.29 is 28.8 Å². The summed E-state index contributed by atoms with van der Waals surface area (Å²) >= 11 is 0. The molecule has 0 aromatic heterocycles. The van der Waals surface area contributed by atoms with E-state index in [1.807, 2.05) is 0 Å². The summed E-state index contributed by atoms with van der Waals surface area (Å²) in [6.07, 6.45) is -0.0813. The number of esters is 1. The molecule has 0 saturated carbocycles. The van der Waals surface area contributed by atoms with Crippen LogP contribution in [-0.2, 0) is 23.9 Å². The molecular weight excluding hydrogens is 420 g/mol. The third-order valence-corrected chi connectivity index (χ3v) is 4.67. The van der Waals surface area contributed by atoms with Gasteiger partial charge in [-0.2, -0.15) is 0 Å². The molecule has 2 N–H and O–H groups in total. The summed E-state index contributed by atoms with van der Waals surface area (Å²) in [5, 5.41) is 15.9. The van der Waals surface area contributed by atoms with Gasteiger partial charge in [0.15, 0.2) is 6.61 Å². The number of amides is 3. The van der Waals surface area contributed by atoms with Gasteiger partial charge in [0.2, 0.25) is 11.8 Å². The highest BCUT2D eigenvalue weighted by molar-refractivity contribution is 6.00. The molecule has 1 aliphatic rings. The molecule has 0 aliphatic carbocycles. The number of hydrogen-bond donors (Lipinski definition) is 2. The molecule has 1 fully saturated rings. The summed E-state index contributed by atoms with van der Waals surface area (Å²) in [6.45, 7) is 0.920. The number of hydrogen-bond acceptors (Lipinski definition) is 7. The van der Waals surface area contributed by atoms with Crippen molar-refractivity contribution in [1.82, 2.24) is 0 Å². The molecule has 1 saturated heterocycles. The van der Waals surface area contributed by atoms with Gasteiger partial charge < -0.3 is 20.3 Å². The summed E-state index contributed by atoms with van der Waals surface area (Å²) < 4.78 is 5.04. The fourth-order valence-corrected chi connectivity index (χ4v) is 3.16. The van der Waals surface area contributed by atoms with Gasteiger partial charge in [-0.05, 0) is 36.4 Å². The molecule has 0 bridgehead atoms. The van der Waals surface area contributed by atoms with E-state index in [0.717, 1.165) is 0 Å². The molecule has 0 spiro atoms. The Labute approximate surface area is 182 Å². The molecule has 1 aliphatic heterocycles. The Hall–Kier alpha value is -4.28. The molecule has 3 rings (SSSR count). The van der Waals surface area contributed by atoms with E-state index in [-0.39, 0.29) is 30.5 Å². The normalized spacial score (nSPS) is 15.2. The fourth-order valence-electron chi connectivity index (χ4n) is 3.16. The van der Waals surface area contributed by atoms with E-state index in [0.29, 0.717) is 17.1 Å². The maximum Gasteiger partial charge on any atom is 0.311 e. The highest BCUT2D eigenvalue weighted by Crippen LogP contribution is 2.27. The largest absolute Gasteiger partial charge is 0.455 e. The Kier molecular flexibility index (Phi) is 6.78. The monoisotopic (exact) mass is 440 g/mol. The van der Waals surface area contributed by atoms with E-state index in [9.17, 15) is 29.3 Å².